The summed E-state index contributed by atoms with van der Waals surface area (Å²) in [5, 5.41) is 4.84. The molecule has 0 radical (unpaired) electrons. The number of hydrogen-bond donors (Lipinski definition) is 2. The Balaban J connectivity index is 1.97. The quantitative estimate of drug-likeness (QED) is 0.770. The number of hydrazine groups is 1. The zero-order valence-electron chi connectivity index (χ0n) is 11.9. The molecule has 20 heavy (non-hydrogen) atoms. The van der Waals surface area contributed by atoms with Crippen molar-refractivity contribution >= 4 is 21.4 Å². The average Bonchev–Trinajstić information content (AvgIpc) is 2.88. The summed E-state index contributed by atoms with van der Waals surface area (Å²) in [6.07, 6.45) is 0.852. The minimum atomic E-state index is -3.43. The molecule has 1 aliphatic rings. The molecular weight excluding hydrogens is 296 g/mol. The van der Waals surface area contributed by atoms with E-state index in [0.29, 0.717) is 17.3 Å². The van der Waals surface area contributed by atoms with E-state index in [-0.39, 0.29) is 0 Å². The Hall–Kier alpha value is -0.510. The van der Waals surface area contributed by atoms with Crippen LogP contribution >= 0.6 is 11.3 Å². The van der Waals surface area contributed by atoms with Crippen LogP contribution in [0.25, 0.3) is 0 Å². The summed E-state index contributed by atoms with van der Waals surface area (Å²) in [7, 11) is 0.504. The van der Waals surface area contributed by atoms with Crippen LogP contribution in [0.15, 0.2) is 16.3 Å². The molecule has 114 valence electrons. The maximum absolute atomic E-state index is 12.3. The Bertz CT molecular complexity index is 521. The fourth-order valence-electron chi connectivity index (χ4n) is 2.00. The molecule has 0 bridgehead atoms. The van der Waals surface area contributed by atoms with Crippen LogP contribution < -0.4 is 10.1 Å². The first-order valence-corrected chi connectivity index (χ1v) is 9.00. The number of hydrogen-bond acceptors (Lipinski definition) is 6. The molecule has 2 rings (SSSR count). The van der Waals surface area contributed by atoms with Gasteiger partial charge in [-0.05, 0) is 39.2 Å². The first-order valence-electron chi connectivity index (χ1n) is 6.70. The maximum atomic E-state index is 12.3. The van der Waals surface area contributed by atoms with E-state index >= 15 is 0 Å². The van der Waals surface area contributed by atoms with E-state index in [9.17, 15) is 8.42 Å². The molecule has 0 aliphatic carbocycles. The minimum Gasteiger partial charge on any atom is -0.319 e. The second-order valence-electron chi connectivity index (χ2n) is 4.96. The van der Waals surface area contributed by atoms with Gasteiger partial charge in [-0.3, -0.25) is 0 Å². The summed E-state index contributed by atoms with van der Waals surface area (Å²) < 4.78 is 25.0. The molecule has 1 fully saturated rings. The van der Waals surface area contributed by atoms with E-state index in [1.807, 2.05) is 20.2 Å². The van der Waals surface area contributed by atoms with Crippen LogP contribution in [0.1, 0.15) is 4.88 Å². The lowest BCUT2D eigenvalue weighted by Crippen LogP contribution is -2.52. The van der Waals surface area contributed by atoms with Crippen LogP contribution in [0.3, 0.4) is 0 Å². The number of nitrogens with zero attached hydrogens (tertiary/aromatic N) is 2. The molecule has 1 saturated heterocycles. The standard InChI is InChI=1S/C12H22N4O2S2/c1-13-6-5-11-3-4-12(19-11)20(17,18)14-16-9-7-15(2)8-10-16/h3-4,13-14H,5-10H2,1-2H3. The van der Waals surface area contributed by atoms with Crippen molar-refractivity contribution in [3.63, 3.8) is 0 Å². The van der Waals surface area contributed by atoms with Gasteiger partial charge < -0.3 is 10.2 Å². The SMILES string of the molecule is CNCCc1ccc(S(=O)(=O)NN2CCN(C)CC2)s1. The maximum Gasteiger partial charge on any atom is 0.262 e. The van der Waals surface area contributed by atoms with E-state index < -0.39 is 10.0 Å². The lowest BCUT2D eigenvalue weighted by Gasteiger charge is -2.31. The molecule has 1 aromatic heterocycles. The molecule has 0 unspecified atom stereocenters. The molecule has 1 aliphatic heterocycles. The van der Waals surface area contributed by atoms with Crippen LogP contribution in [0.4, 0.5) is 0 Å². The molecule has 0 atom stereocenters. The van der Waals surface area contributed by atoms with Crippen molar-refractivity contribution in [2.75, 3.05) is 46.8 Å². The van der Waals surface area contributed by atoms with Gasteiger partial charge in [0.05, 0.1) is 0 Å². The van der Waals surface area contributed by atoms with E-state index in [0.717, 1.165) is 30.9 Å². The van der Waals surface area contributed by atoms with Crippen molar-refractivity contribution in [2.45, 2.75) is 10.6 Å². The molecule has 2 N–H and O–H groups in total. The highest BCUT2D eigenvalue weighted by atomic mass is 32.2. The Morgan fingerprint density at radius 1 is 1.25 bits per heavy atom. The van der Waals surface area contributed by atoms with Gasteiger partial charge in [-0.2, -0.15) is 0 Å². The first kappa shape index (κ1) is 15.9. The lowest BCUT2D eigenvalue weighted by molar-refractivity contribution is 0.135. The molecule has 2 heterocycles. The van der Waals surface area contributed by atoms with Gasteiger partial charge in [-0.1, -0.05) is 0 Å². The molecule has 0 amide bonds. The summed E-state index contributed by atoms with van der Waals surface area (Å²) in [5.74, 6) is 0. The predicted molar refractivity (Wildman–Crippen MR) is 81.3 cm³/mol. The number of likely N-dealkylation sites (N-methyl/N-ethyl adjacent to an activating group) is 2. The Kier molecular flexibility index (Phi) is 5.53. The van der Waals surface area contributed by atoms with Gasteiger partial charge in [0.25, 0.3) is 10.0 Å². The number of sulfonamides is 1. The third-order valence-corrected chi connectivity index (χ3v) is 6.29. The first-order chi connectivity index (χ1) is 9.51. The van der Waals surface area contributed by atoms with Crippen LogP contribution in [0, 0.1) is 0 Å². The molecular formula is C12H22N4O2S2. The largest absolute Gasteiger partial charge is 0.319 e. The molecule has 6 nitrogen and oxygen atoms in total. The average molecular weight is 318 g/mol. The number of rotatable bonds is 6. The fraction of sp³-hybridized carbons (Fsp3) is 0.667. The Morgan fingerprint density at radius 2 is 1.95 bits per heavy atom. The van der Waals surface area contributed by atoms with Crippen molar-refractivity contribution in [2.24, 2.45) is 0 Å². The molecule has 0 saturated carbocycles. The van der Waals surface area contributed by atoms with Gasteiger partial charge in [0, 0.05) is 31.1 Å². The summed E-state index contributed by atoms with van der Waals surface area (Å²) in [4.78, 5) is 5.94. The highest BCUT2D eigenvalue weighted by Crippen LogP contribution is 2.22. The molecule has 8 heteroatoms. The molecule has 0 spiro atoms. The summed E-state index contributed by atoms with van der Waals surface area (Å²) in [6, 6.07) is 3.58. The number of piperazine rings is 1. The van der Waals surface area contributed by atoms with Crippen molar-refractivity contribution in [1.29, 1.82) is 0 Å². The number of nitrogens with one attached hydrogen (secondary N) is 2. The topological polar surface area (TPSA) is 64.7 Å². The van der Waals surface area contributed by atoms with Crippen LogP contribution in [0.2, 0.25) is 0 Å². The Labute approximate surface area is 124 Å². The van der Waals surface area contributed by atoms with Crippen molar-refractivity contribution in [3.05, 3.63) is 17.0 Å². The van der Waals surface area contributed by atoms with Gasteiger partial charge in [0.2, 0.25) is 0 Å². The Morgan fingerprint density at radius 3 is 2.60 bits per heavy atom. The van der Waals surface area contributed by atoms with Crippen molar-refractivity contribution < 1.29 is 8.42 Å². The molecule has 1 aromatic rings. The van der Waals surface area contributed by atoms with E-state index in [1.54, 1.807) is 11.1 Å². The van der Waals surface area contributed by atoms with Crippen molar-refractivity contribution in [3.8, 4) is 0 Å². The summed E-state index contributed by atoms with van der Waals surface area (Å²) in [5.41, 5.74) is 0. The zero-order chi connectivity index (χ0) is 14.6. The lowest BCUT2D eigenvalue weighted by atomic mass is 10.3. The smallest absolute Gasteiger partial charge is 0.262 e. The van der Waals surface area contributed by atoms with Gasteiger partial charge >= 0.3 is 0 Å². The molecule has 0 aromatic carbocycles. The highest BCUT2D eigenvalue weighted by molar-refractivity contribution is 7.91. The number of thiophene rings is 1. The van der Waals surface area contributed by atoms with E-state index in [1.165, 1.54) is 11.3 Å². The highest BCUT2D eigenvalue weighted by Gasteiger charge is 2.22. The van der Waals surface area contributed by atoms with E-state index in [4.69, 9.17) is 0 Å². The van der Waals surface area contributed by atoms with Crippen LogP contribution in [-0.4, -0.2) is 65.1 Å². The normalized spacial score (nSPS) is 18.5. The van der Waals surface area contributed by atoms with Crippen molar-refractivity contribution in [1.82, 2.24) is 20.1 Å². The predicted octanol–water partition coefficient (Wildman–Crippen LogP) is -0.0493. The zero-order valence-corrected chi connectivity index (χ0v) is 13.6. The third-order valence-electron chi connectivity index (χ3n) is 3.28. The van der Waals surface area contributed by atoms with E-state index in [2.05, 4.69) is 15.0 Å². The minimum absolute atomic E-state index is 0.391. The van der Waals surface area contributed by atoms with Gasteiger partial charge in [-0.15, -0.1) is 16.2 Å². The van der Waals surface area contributed by atoms with Gasteiger partial charge in [0.15, 0.2) is 0 Å². The monoisotopic (exact) mass is 318 g/mol. The van der Waals surface area contributed by atoms with Crippen LogP contribution in [0.5, 0.6) is 0 Å². The van der Waals surface area contributed by atoms with Gasteiger partial charge in [-0.25, -0.2) is 13.4 Å². The summed E-state index contributed by atoms with van der Waals surface area (Å²) in [6.45, 7) is 4.04. The van der Waals surface area contributed by atoms with Crippen LogP contribution in [-0.2, 0) is 16.4 Å². The second-order valence-corrected chi connectivity index (χ2v) is 8.02. The second kappa shape index (κ2) is 6.97. The van der Waals surface area contributed by atoms with Gasteiger partial charge in [0.1, 0.15) is 4.21 Å². The third kappa shape index (κ3) is 4.24. The fourth-order valence-corrected chi connectivity index (χ4v) is 4.46. The summed E-state index contributed by atoms with van der Waals surface area (Å²) >= 11 is 1.34.